The second kappa shape index (κ2) is 6.67. The summed E-state index contributed by atoms with van der Waals surface area (Å²) < 4.78 is 5.02. The molecule has 0 aliphatic heterocycles. The van der Waals surface area contributed by atoms with Crippen molar-refractivity contribution < 1.29 is 4.74 Å². The molecule has 2 aromatic rings. The molecular formula is C13H18N6O. The monoisotopic (exact) mass is 274 g/mol. The zero-order valence-corrected chi connectivity index (χ0v) is 11.6. The van der Waals surface area contributed by atoms with Crippen LogP contribution in [0.2, 0.25) is 0 Å². The molecule has 0 fully saturated rings. The number of nitrogen functional groups attached to an aromatic ring is 1. The van der Waals surface area contributed by atoms with Crippen LogP contribution in [0.25, 0.3) is 0 Å². The fourth-order valence-electron chi connectivity index (χ4n) is 1.85. The van der Waals surface area contributed by atoms with E-state index in [1.165, 1.54) is 6.33 Å². The van der Waals surface area contributed by atoms with Crippen molar-refractivity contribution in [2.75, 3.05) is 17.9 Å². The Morgan fingerprint density at radius 1 is 1.20 bits per heavy atom. The molecule has 4 N–H and O–H groups in total. The molecule has 0 amide bonds. The lowest BCUT2D eigenvalue weighted by Crippen LogP contribution is -2.14. The van der Waals surface area contributed by atoms with Crippen molar-refractivity contribution in [2.24, 2.45) is 5.84 Å². The smallest absolute Gasteiger partial charge is 0.212 e. The van der Waals surface area contributed by atoms with E-state index in [0.29, 0.717) is 18.2 Å². The SMILES string of the molecule is CCc1c(NN)ncnc1NCc1ccc(OC)nc1. The Hall–Kier alpha value is -2.41. The van der Waals surface area contributed by atoms with Gasteiger partial charge in [0.25, 0.3) is 0 Å². The van der Waals surface area contributed by atoms with Crippen LogP contribution in [0.4, 0.5) is 11.6 Å². The lowest BCUT2D eigenvalue weighted by atomic mass is 10.2. The summed E-state index contributed by atoms with van der Waals surface area (Å²) in [6, 6.07) is 3.78. The lowest BCUT2D eigenvalue weighted by Gasteiger charge is -2.12. The van der Waals surface area contributed by atoms with Crippen molar-refractivity contribution in [1.29, 1.82) is 0 Å². The summed E-state index contributed by atoms with van der Waals surface area (Å²) in [4.78, 5) is 12.5. The predicted octanol–water partition coefficient (Wildman–Crippen LogP) is 1.34. The van der Waals surface area contributed by atoms with Crippen LogP contribution < -0.4 is 21.3 Å². The second-order valence-electron chi connectivity index (χ2n) is 4.11. The number of nitrogens with two attached hydrogens (primary N) is 1. The molecule has 106 valence electrons. The maximum absolute atomic E-state index is 5.44. The van der Waals surface area contributed by atoms with Crippen molar-refractivity contribution in [3.8, 4) is 5.88 Å². The summed E-state index contributed by atoms with van der Waals surface area (Å²) in [6.45, 7) is 2.64. The Labute approximate surface area is 117 Å². The number of hydrogen-bond acceptors (Lipinski definition) is 7. The molecule has 0 aliphatic carbocycles. The highest BCUT2D eigenvalue weighted by Crippen LogP contribution is 2.20. The summed E-state index contributed by atoms with van der Waals surface area (Å²) in [5.41, 5.74) is 4.57. The Morgan fingerprint density at radius 2 is 2.00 bits per heavy atom. The zero-order chi connectivity index (χ0) is 14.4. The summed E-state index contributed by atoms with van der Waals surface area (Å²) in [5, 5.41) is 3.27. The quantitative estimate of drug-likeness (QED) is 0.540. The van der Waals surface area contributed by atoms with Gasteiger partial charge in [0.1, 0.15) is 18.0 Å². The van der Waals surface area contributed by atoms with E-state index >= 15 is 0 Å². The molecular weight excluding hydrogens is 256 g/mol. The molecule has 2 heterocycles. The fraction of sp³-hybridized carbons (Fsp3) is 0.308. The third-order valence-corrected chi connectivity index (χ3v) is 2.90. The van der Waals surface area contributed by atoms with Crippen molar-refractivity contribution in [3.63, 3.8) is 0 Å². The molecule has 0 radical (unpaired) electrons. The minimum atomic E-state index is 0.597. The first-order chi connectivity index (χ1) is 9.78. The first-order valence-electron chi connectivity index (χ1n) is 6.31. The van der Waals surface area contributed by atoms with Crippen molar-refractivity contribution >= 4 is 11.6 Å². The number of ether oxygens (including phenoxy) is 1. The lowest BCUT2D eigenvalue weighted by molar-refractivity contribution is 0.397. The topological polar surface area (TPSA) is 98.0 Å². The maximum Gasteiger partial charge on any atom is 0.212 e. The number of methoxy groups -OCH3 is 1. The Bertz CT molecular complexity index is 557. The first kappa shape index (κ1) is 14.0. The van der Waals surface area contributed by atoms with E-state index in [4.69, 9.17) is 10.6 Å². The van der Waals surface area contributed by atoms with E-state index < -0.39 is 0 Å². The molecule has 7 nitrogen and oxygen atoms in total. The van der Waals surface area contributed by atoms with Crippen LogP contribution in [0.15, 0.2) is 24.7 Å². The van der Waals surface area contributed by atoms with Gasteiger partial charge in [-0.15, -0.1) is 0 Å². The van der Waals surface area contributed by atoms with Gasteiger partial charge in [0.15, 0.2) is 0 Å². The largest absolute Gasteiger partial charge is 0.481 e. The highest BCUT2D eigenvalue weighted by molar-refractivity contribution is 5.56. The van der Waals surface area contributed by atoms with E-state index in [1.54, 1.807) is 13.3 Å². The molecule has 0 spiro atoms. The molecule has 0 saturated carbocycles. The summed E-state index contributed by atoms with van der Waals surface area (Å²) in [5.74, 6) is 7.45. The van der Waals surface area contributed by atoms with Crippen LogP contribution in [0.3, 0.4) is 0 Å². The van der Waals surface area contributed by atoms with Gasteiger partial charge in [-0.3, -0.25) is 0 Å². The Morgan fingerprint density at radius 3 is 2.60 bits per heavy atom. The number of anilines is 2. The predicted molar refractivity (Wildman–Crippen MR) is 77.3 cm³/mol. The first-order valence-corrected chi connectivity index (χ1v) is 6.31. The van der Waals surface area contributed by atoms with E-state index in [2.05, 4.69) is 25.7 Å². The van der Waals surface area contributed by atoms with Gasteiger partial charge in [0.2, 0.25) is 5.88 Å². The number of pyridine rings is 1. The molecule has 0 atom stereocenters. The average Bonchev–Trinajstić information content (AvgIpc) is 2.52. The number of rotatable bonds is 6. The molecule has 7 heteroatoms. The highest BCUT2D eigenvalue weighted by atomic mass is 16.5. The van der Waals surface area contributed by atoms with Crippen LogP contribution in [-0.4, -0.2) is 22.1 Å². The van der Waals surface area contributed by atoms with Crippen molar-refractivity contribution in [1.82, 2.24) is 15.0 Å². The van der Waals surface area contributed by atoms with Gasteiger partial charge >= 0.3 is 0 Å². The Balaban J connectivity index is 2.10. The number of aromatic nitrogens is 3. The molecule has 0 aromatic carbocycles. The van der Waals surface area contributed by atoms with Gasteiger partial charge in [-0.2, -0.15) is 0 Å². The number of hydrogen-bond donors (Lipinski definition) is 3. The summed E-state index contributed by atoms with van der Waals surface area (Å²) >= 11 is 0. The van der Waals surface area contributed by atoms with Crippen LogP contribution in [0.1, 0.15) is 18.1 Å². The summed E-state index contributed by atoms with van der Waals surface area (Å²) in [7, 11) is 1.59. The third kappa shape index (κ3) is 3.12. The minimum Gasteiger partial charge on any atom is -0.481 e. The third-order valence-electron chi connectivity index (χ3n) is 2.90. The van der Waals surface area contributed by atoms with Crippen molar-refractivity contribution in [2.45, 2.75) is 19.9 Å². The van der Waals surface area contributed by atoms with Gasteiger partial charge in [0, 0.05) is 24.4 Å². The average molecular weight is 274 g/mol. The van der Waals surface area contributed by atoms with Crippen LogP contribution in [0, 0.1) is 0 Å². The fourth-order valence-corrected chi connectivity index (χ4v) is 1.85. The normalized spacial score (nSPS) is 10.2. The van der Waals surface area contributed by atoms with Gasteiger partial charge in [0.05, 0.1) is 7.11 Å². The highest BCUT2D eigenvalue weighted by Gasteiger charge is 2.08. The number of nitrogens with zero attached hydrogens (tertiary/aromatic N) is 3. The van der Waals surface area contributed by atoms with E-state index in [-0.39, 0.29) is 0 Å². The minimum absolute atomic E-state index is 0.597. The molecule has 20 heavy (non-hydrogen) atoms. The van der Waals surface area contributed by atoms with E-state index in [9.17, 15) is 0 Å². The second-order valence-corrected chi connectivity index (χ2v) is 4.11. The van der Waals surface area contributed by atoms with Crippen LogP contribution in [0.5, 0.6) is 5.88 Å². The van der Waals surface area contributed by atoms with Gasteiger partial charge in [-0.1, -0.05) is 13.0 Å². The molecule has 2 aromatic heterocycles. The summed E-state index contributed by atoms with van der Waals surface area (Å²) in [6.07, 6.45) is 4.02. The van der Waals surface area contributed by atoms with Gasteiger partial charge in [-0.05, 0) is 12.0 Å². The standard InChI is InChI=1S/C13H18N6O/c1-3-10-12(17-8-18-13(10)19-14)16-7-9-4-5-11(20-2)15-6-9/h4-6,8H,3,7,14H2,1-2H3,(H2,16,17,18,19). The zero-order valence-electron chi connectivity index (χ0n) is 11.6. The van der Waals surface area contributed by atoms with E-state index in [1.807, 2.05) is 19.1 Å². The molecule has 0 bridgehead atoms. The Kier molecular flexibility index (Phi) is 4.67. The van der Waals surface area contributed by atoms with E-state index in [0.717, 1.165) is 23.4 Å². The van der Waals surface area contributed by atoms with Gasteiger partial charge in [-0.25, -0.2) is 20.8 Å². The van der Waals surface area contributed by atoms with Crippen LogP contribution >= 0.6 is 0 Å². The number of hydrazine groups is 1. The van der Waals surface area contributed by atoms with Crippen molar-refractivity contribution in [3.05, 3.63) is 35.8 Å². The maximum atomic E-state index is 5.44. The molecule has 0 saturated heterocycles. The molecule has 0 aliphatic rings. The number of nitrogens with one attached hydrogen (secondary N) is 2. The van der Waals surface area contributed by atoms with Gasteiger partial charge < -0.3 is 15.5 Å². The van der Waals surface area contributed by atoms with Crippen LogP contribution in [-0.2, 0) is 13.0 Å². The molecule has 0 unspecified atom stereocenters. The molecule has 2 rings (SSSR count).